The smallest absolute Gasteiger partial charge is 0.211 e. The predicted molar refractivity (Wildman–Crippen MR) is 55.0 cm³/mol. The van der Waals surface area contributed by atoms with Crippen molar-refractivity contribution < 1.29 is 8.42 Å². The number of hydrogen-bond donors (Lipinski definition) is 1. The van der Waals surface area contributed by atoms with Crippen LogP contribution in [-0.2, 0) is 10.0 Å². The molecule has 2 N–H and O–H groups in total. The van der Waals surface area contributed by atoms with Gasteiger partial charge in [0.1, 0.15) is 0 Å². The molecule has 0 radical (unpaired) electrons. The van der Waals surface area contributed by atoms with Crippen molar-refractivity contribution in [2.24, 2.45) is 5.73 Å². The van der Waals surface area contributed by atoms with Crippen LogP contribution in [0.5, 0.6) is 0 Å². The van der Waals surface area contributed by atoms with Crippen LogP contribution in [0.25, 0.3) is 0 Å². The molecule has 1 aliphatic rings. The molecule has 1 aliphatic heterocycles. The monoisotopic (exact) mass is 208 g/mol. The highest BCUT2D eigenvalue weighted by Crippen LogP contribution is 2.10. The van der Waals surface area contributed by atoms with Crippen LogP contribution in [-0.4, -0.2) is 38.1 Å². The minimum atomic E-state index is -2.97. The lowest BCUT2D eigenvalue weighted by Crippen LogP contribution is -2.42. The van der Waals surface area contributed by atoms with E-state index in [1.165, 1.54) is 10.6 Å². The average Bonchev–Trinajstić information content (AvgIpc) is 2.07. The summed E-state index contributed by atoms with van der Waals surface area (Å²) in [4.78, 5) is 0. The fourth-order valence-electron chi connectivity index (χ4n) is 1.21. The van der Waals surface area contributed by atoms with Crippen molar-refractivity contribution >= 4 is 10.0 Å². The zero-order valence-corrected chi connectivity index (χ0v) is 9.47. The first kappa shape index (κ1) is 12.9. The summed E-state index contributed by atoms with van der Waals surface area (Å²) < 4.78 is 23.4. The summed E-state index contributed by atoms with van der Waals surface area (Å²) in [6.07, 6.45) is 2.81. The van der Waals surface area contributed by atoms with Crippen LogP contribution in [0.4, 0.5) is 0 Å². The van der Waals surface area contributed by atoms with E-state index in [9.17, 15) is 8.42 Å². The maximum absolute atomic E-state index is 11.0. The molecule has 4 nitrogen and oxygen atoms in total. The summed E-state index contributed by atoms with van der Waals surface area (Å²) >= 11 is 0. The first-order chi connectivity index (χ1) is 6.00. The minimum absolute atomic E-state index is 0.188. The lowest BCUT2D eigenvalue weighted by atomic mass is 10.1. The van der Waals surface area contributed by atoms with Gasteiger partial charge < -0.3 is 5.73 Å². The normalized spacial score (nSPS) is 20.6. The molecule has 0 aromatic heterocycles. The number of piperidine rings is 1. The van der Waals surface area contributed by atoms with Gasteiger partial charge in [-0.1, -0.05) is 13.8 Å². The quantitative estimate of drug-likeness (QED) is 0.678. The van der Waals surface area contributed by atoms with Gasteiger partial charge in [0.05, 0.1) is 6.26 Å². The fourth-order valence-corrected chi connectivity index (χ4v) is 2.08. The van der Waals surface area contributed by atoms with Crippen LogP contribution in [0.3, 0.4) is 0 Å². The van der Waals surface area contributed by atoms with Gasteiger partial charge in [0.25, 0.3) is 0 Å². The van der Waals surface area contributed by atoms with E-state index in [0.717, 1.165) is 12.8 Å². The zero-order valence-electron chi connectivity index (χ0n) is 8.66. The molecule has 0 bridgehead atoms. The summed E-state index contributed by atoms with van der Waals surface area (Å²) in [7, 11) is -2.97. The van der Waals surface area contributed by atoms with Gasteiger partial charge in [0.2, 0.25) is 10.0 Å². The standard InChI is InChI=1S/C6H14N2O2S.C2H6/c1-11(9,10)8-4-2-6(7)3-5-8;1-2/h6H,2-5,7H2,1H3;1-2H3. The molecule has 1 saturated heterocycles. The second-order valence-corrected chi connectivity index (χ2v) is 4.98. The number of nitrogens with zero attached hydrogens (tertiary/aromatic N) is 1. The molecule has 0 atom stereocenters. The Hall–Kier alpha value is -0.130. The van der Waals surface area contributed by atoms with Gasteiger partial charge >= 0.3 is 0 Å². The number of sulfonamides is 1. The molecule has 0 aromatic carbocycles. The highest BCUT2D eigenvalue weighted by molar-refractivity contribution is 7.88. The van der Waals surface area contributed by atoms with Crippen molar-refractivity contribution in [1.82, 2.24) is 4.31 Å². The third-order valence-electron chi connectivity index (χ3n) is 1.97. The third kappa shape index (κ3) is 4.59. The van der Waals surface area contributed by atoms with Gasteiger partial charge in [-0.05, 0) is 12.8 Å². The van der Waals surface area contributed by atoms with Gasteiger partial charge in [-0.25, -0.2) is 12.7 Å². The lowest BCUT2D eigenvalue weighted by molar-refractivity contribution is 0.322. The molecule has 5 heteroatoms. The summed E-state index contributed by atoms with van der Waals surface area (Å²) in [6.45, 7) is 5.17. The van der Waals surface area contributed by atoms with Crippen LogP contribution in [0, 0.1) is 0 Å². The maximum atomic E-state index is 11.0. The molecular weight excluding hydrogens is 188 g/mol. The molecule has 13 heavy (non-hydrogen) atoms. The van der Waals surface area contributed by atoms with Crippen molar-refractivity contribution in [1.29, 1.82) is 0 Å². The molecule has 0 aromatic rings. The van der Waals surface area contributed by atoms with Crippen molar-refractivity contribution in [3.8, 4) is 0 Å². The first-order valence-corrected chi connectivity index (χ1v) is 6.55. The largest absolute Gasteiger partial charge is 0.328 e. The van der Waals surface area contributed by atoms with E-state index in [1.807, 2.05) is 13.8 Å². The molecule has 0 unspecified atom stereocenters. The van der Waals surface area contributed by atoms with Gasteiger partial charge in [-0.2, -0.15) is 0 Å². The Bertz CT molecular complexity index is 218. The van der Waals surface area contributed by atoms with Crippen LogP contribution in [0.2, 0.25) is 0 Å². The number of hydrogen-bond acceptors (Lipinski definition) is 3. The van der Waals surface area contributed by atoms with E-state index in [1.54, 1.807) is 0 Å². The Morgan fingerprint density at radius 3 is 1.92 bits per heavy atom. The minimum Gasteiger partial charge on any atom is -0.328 e. The molecule has 1 rings (SSSR count). The molecule has 0 saturated carbocycles. The number of rotatable bonds is 1. The van der Waals surface area contributed by atoms with Gasteiger partial charge in [0, 0.05) is 19.1 Å². The molecule has 1 heterocycles. The van der Waals surface area contributed by atoms with Crippen LogP contribution < -0.4 is 5.73 Å². The van der Waals surface area contributed by atoms with Gasteiger partial charge in [-0.3, -0.25) is 0 Å². The number of nitrogens with two attached hydrogens (primary N) is 1. The Morgan fingerprint density at radius 1 is 1.23 bits per heavy atom. The summed E-state index contributed by atoms with van der Waals surface area (Å²) in [5.41, 5.74) is 5.62. The van der Waals surface area contributed by atoms with Crippen molar-refractivity contribution in [2.75, 3.05) is 19.3 Å². The summed E-state index contributed by atoms with van der Waals surface area (Å²) in [5.74, 6) is 0. The third-order valence-corrected chi connectivity index (χ3v) is 3.27. The predicted octanol–water partition coefficient (Wildman–Crippen LogP) is 0.395. The summed E-state index contributed by atoms with van der Waals surface area (Å²) in [6, 6.07) is 0.188. The van der Waals surface area contributed by atoms with Crippen molar-refractivity contribution in [3.63, 3.8) is 0 Å². The molecule has 0 amide bonds. The fraction of sp³-hybridized carbons (Fsp3) is 1.00. The highest BCUT2D eigenvalue weighted by atomic mass is 32.2. The van der Waals surface area contributed by atoms with E-state index < -0.39 is 10.0 Å². The Labute approximate surface area is 81.2 Å². The van der Waals surface area contributed by atoms with Gasteiger partial charge in [0.15, 0.2) is 0 Å². The lowest BCUT2D eigenvalue weighted by Gasteiger charge is -2.27. The second-order valence-electron chi connectivity index (χ2n) is 3.00. The van der Waals surface area contributed by atoms with Crippen LogP contribution >= 0.6 is 0 Å². The SMILES string of the molecule is CC.CS(=O)(=O)N1CCC(N)CC1. The van der Waals surface area contributed by atoms with Crippen LogP contribution in [0.1, 0.15) is 26.7 Å². The Balaban J connectivity index is 0.000000671. The summed E-state index contributed by atoms with van der Waals surface area (Å²) in [5, 5.41) is 0. The molecule has 1 fully saturated rings. The van der Waals surface area contributed by atoms with E-state index in [2.05, 4.69) is 0 Å². The van der Waals surface area contributed by atoms with E-state index in [0.29, 0.717) is 13.1 Å². The average molecular weight is 208 g/mol. The van der Waals surface area contributed by atoms with Crippen molar-refractivity contribution in [2.45, 2.75) is 32.7 Å². The molecule has 80 valence electrons. The topological polar surface area (TPSA) is 63.4 Å². The zero-order chi connectivity index (χ0) is 10.5. The van der Waals surface area contributed by atoms with E-state index in [4.69, 9.17) is 5.73 Å². The molecular formula is C8H20N2O2S. The van der Waals surface area contributed by atoms with Crippen molar-refractivity contribution in [3.05, 3.63) is 0 Å². The molecule has 0 aliphatic carbocycles. The van der Waals surface area contributed by atoms with E-state index in [-0.39, 0.29) is 6.04 Å². The first-order valence-electron chi connectivity index (χ1n) is 4.71. The van der Waals surface area contributed by atoms with Gasteiger partial charge in [-0.15, -0.1) is 0 Å². The molecule has 0 spiro atoms. The Kier molecular flexibility index (Phi) is 5.51. The van der Waals surface area contributed by atoms with E-state index >= 15 is 0 Å². The highest BCUT2D eigenvalue weighted by Gasteiger charge is 2.22. The maximum Gasteiger partial charge on any atom is 0.211 e. The second kappa shape index (κ2) is 5.57. The Morgan fingerprint density at radius 2 is 1.62 bits per heavy atom. The van der Waals surface area contributed by atoms with Crippen LogP contribution in [0.15, 0.2) is 0 Å².